The molecule has 0 atom stereocenters. The second-order valence-corrected chi connectivity index (χ2v) is 5.65. The molecule has 0 aliphatic carbocycles. The minimum Gasteiger partial charge on any atom is -0.457 e. The third kappa shape index (κ3) is 2.28. The van der Waals surface area contributed by atoms with Gasteiger partial charge in [0.25, 0.3) is 0 Å². The lowest BCUT2D eigenvalue weighted by Gasteiger charge is -2.37. The van der Waals surface area contributed by atoms with Crippen molar-refractivity contribution < 1.29 is 9.53 Å². The SMILES string of the molecule is NC(=O)C1=CC=CN(C2c3ccccc3Oc3ccccc32)C1. The number of carbonyl (C=O) groups is 1. The molecule has 2 aromatic rings. The number of hydrogen-bond acceptors (Lipinski definition) is 3. The van der Waals surface area contributed by atoms with Crippen molar-refractivity contribution in [1.82, 2.24) is 4.90 Å². The Morgan fingerprint density at radius 2 is 1.65 bits per heavy atom. The lowest BCUT2D eigenvalue weighted by atomic mass is 9.92. The van der Waals surface area contributed by atoms with E-state index in [0.717, 1.165) is 22.6 Å². The molecule has 1 amide bonds. The van der Waals surface area contributed by atoms with E-state index in [4.69, 9.17) is 10.5 Å². The predicted octanol–water partition coefficient (Wildman–Crippen LogP) is 3.12. The number of ether oxygens (including phenoxy) is 1. The van der Waals surface area contributed by atoms with E-state index in [-0.39, 0.29) is 11.9 Å². The number of allylic oxidation sites excluding steroid dienone is 2. The third-order valence-electron chi connectivity index (χ3n) is 4.22. The van der Waals surface area contributed by atoms with Gasteiger partial charge in [0.1, 0.15) is 11.5 Å². The van der Waals surface area contributed by atoms with E-state index in [2.05, 4.69) is 17.0 Å². The Bertz CT molecular complexity index is 793. The monoisotopic (exact) mass is 304 g/mol. The summed E-state index contributed by atoms with van der Waals surface area (Å²) in [5.41, 5.74) is 8.23. The molecule has 114 valence electrons. The molecule has 0 spiro atoms. The lowest BCUT2D eigenvalue weighted by Crippen LogP contribution is -2.33. The van der Waals surface area contributed by atoms with E-state index < -0.39 is 0 Å². The zero-order valence-corrected chi connectivity index (χ0v) is 12.5. The normalized spacial score (nSPS) is 16.2. The molecule has 0 saturated heterocycles. The first-order chi connectivity index (χ1) is 11.2. The van der Waals surface area contributed by atoms with Gasteiger partial charge in [-0.15, -0.1) is 0 Å². The lowest BCUT2D eigenvalue weighted by molar-refractivity contribution is -0.114. The van der Waals surface area contributed by atoms with Gasteiger partial charge < -0.3 is 15.4 Å². The van der Waals surface area contributed by atoms with Gasteiger partial charge in [0.2, 0.25) is 5.91 Å². The van der Waals surface area contributed by atoms with E-state index in [0.29, 0.717) is 12.1 Å². The number of para-hydroxylation sites is 2. The Balaban J connectivity index is 1.81. The number of fused-ring (bicyclic) bond motifs is 2. The second-order valence-electron chi connectivity index (χ2n) is 5.65. The van der Waals surface area contributed by atoms with Crippen LogP contribution in [-0.2, 0) is 4.79 Å². The van der Waals surface area contributed by atoms with Crippen molar-refractivity contribution in [2.45, 2.75) is 6.04 Å². The molecule has 2 aliphatic rings. The largest absolute Gasteiger partial charge is 0.457 e. The first kappa shape index (κ1) is 13.6. The Kier molecular flexibility index (Phi) is 3.15. The molecular weight excluding hydrogens is 288 g/mol. The summed E-state index contributed by atoms with van der Waals surface area (Å²) in [5.74, 6) is 1.31. The highest BCUT2D eigenvalue weighted by atomic mass is 16.5. The van der Waals surface area contributed by atoms with Crippen molar-refractivity contribution in [3.63, 3.8) is 0 Å². The summed E-state index contributed by atoms with van der Waals surface area (Å²) in [6.07, 6.45) is 5.64. The van der Waals surface area contributed by atoms with Crippen molar-refractivity contribution in [2.75, 3.05) is 6.54 Å². The van der Waals surface area contributed by atoms with Crippen LogP contribution in [0.1, 0.15) is 17.2 Å². The molecule has 4 heteroatoms. The number of benzene rings is 2. The Morgan fingerprint density at radius 1 is 1.04 bits per heavy atom. The molecule has 0 fully saturated rings. The van der Waals surface area contributed by atoms with Crippen LogP contribution in [0.4, 0.5) is 0 Å². The molecule has 4 rings (SSSR count). The zero-order chi connectivity index (χ0) is 15.8. The molecular formula is C19H16N2O2. The van der Waals surface area contributed by atoms with Crippen LogP contribution < -0.4 is 10.5 Å². The first-order valence-corrected chi connectivity index (χ1v) is 7.52. The molecule has 2 aromatic carbocycles. The highest BCUT2D eigenvalue weighted by molar-refractivity contribution is 5.93. The fourth-order valence-electron chi connectivity index (χ4n) is 3.15. The first-order valence-electron chi connectivity index (χ1n) is 7.52. The number of carbonyl (C=O) groups excluding carboxylic acids is 1. The average molecular weight is 304 g/mol. The molecule has 0 unspecified atom stereocenters. The summed E-state index contributed by atoms with van der Waals surface area (Å²) >= 11 is 0. The van der Waals surface area contributed by atoms with Crippen LogP contribution in [0.3, 0.4) is 0 Å². The number of amides is 1. The summed E-state index contributed by atoms with van der Waals surface area (Å²) in [6.45, 7) is 0.485. The van der Waals surface area contributed by atoms with Gasteiger partial charge in [-0.05, 0) is 18.2 Å². The molecule has 2 heterocycles. The summed E-state index contributed by atoms with van der Waals surface area (Å²) < 4.78 is 6.02. The van der Waals surface area contributed by atoms with Crippen LogP contribution in [-0.4, -0.2) is 17.4 Å². The standard InChI is InChI=1S/C19H16N2O2/c20-19(22)13-6-5-11-21(12-13)18-14-7-1-3-9-16(14)23-17-10-4-2-8-15(17)18/h1-11,18H,12H2,(H2,20,22). The summed E-state index contributed by atoms with van der Waals surface area (Å²) in [7, 11) is 0. The van der Waals surface area contributed by atoms with Gasteiger partial charge in [-0.3, -0.25) is 4.79 Å². The van der Waals surface area contributed by atoms with E-state index >= 15 is 0 Å². The minimum atomic E-state index is -0.382. The van der Waals surface area contributed by atoms with Crippen molar-refractivity contribution in [3.8, 4) is 11.5 Å². The van der Waals surface area contributed by atoms with Crippen LogP contribution >= 0.6 is 0 Å². The fraction of sp³-hybridized carbons (Fsp3) is 0.105. The fourth-order valence-corrected chi connectivity index (χ4v) is 3.15. The molecule has 23 heavy (non-hydrogen) atoms. The maximum atomic E-state index is 11.5. The van der Waals surface area contributed by atoms with Gasteiger partial charge in [0.15, 0.2) is 0 Å². The van der Waals surface area contributed by atoms with Crippen LogP contribution in [0.15, 0.2) is 72.5 Å². The van der Waals surface area contributed by atoms with Crippen molar-refractivity contribution in [3.05, 3.63) is 83.6 Å². The van der Waals surface area contributed by atoms with E-state index in [1.807, 2.05) is 48.7 Å². The van der Waals surface area contributed by atoms with Gasteiger partial charge in [-0.2, -0.15) is 0 Å². The van der Waals surface area contributed by atoms with Crippen LogP contribution in [0.25, 0.3) is 0 Å². The zero-order valence-electron chi connectivity index (χ0n) is 12.5. The summed E-state index contributed by atoms with van der Waals surface area (Å²) in [4.78, 5) is 13.7. The second kappa shape index (κ2) is 5.32. The van der Waals surface area contributed by atoms with Crippen molar-refractivity contribution >= 4 is 5.91 Å². The number of nitrogens with two attached hydrogens (primary N) is 1. The Hall–Kier alpha value is -3.01. The molecule has 0 radical (unpaired) electrons. The van der Waals surface area contributed by atoms with E-state index in [9.17, 15) is 4.79 Å². The molecule has 0 aromatic heterocycles. The molecule has 0 bridgehead atoms. The number of hydrogen-bond donors (Lipinski definition) is 1. The van der Waals surface area contributed by atoms with Crippen LogP contribution in [0.2, 0.25) is 0 Å². The van der Waals surface area contributed by atoms with E-state index in [1.54, 1.807) is 6.08 Å². The Labute approximate surface area is 134 Å². The van der Waals surface area contributed by atoms with Gasteiger partial charge in [-0.1, -0.05) is 42.5 Å². The number of nitrogens with zero attached hydrogens (tertiary/aromatic N) is 1. The molecule has 4 nitrogen and oxygen atoms in total. The van der Waals surface area contributed by atoms with Crippen molar-refractivity contribution in [1.29, 1.82) is 0 Å². The number of primary amides is 1. The van der Waals surface area contributed by atoms with Gasteiger partial charge in [-0.25, -0.2) is 0 Å². The van der Waals surface area contributed by atoms with Gasteiger partial charge >= 0.3 is 0 Å². The Morgan fingerprint density at radius 3 is 2.26 bits per heavy atom. The smallest absolute Gasteiger partial charge is 0.246 e. The molecule has 2 N–H and O–H groups in total. The summed E-state index contributed by atoms with van der Waals surface area (Å²) in [5, 5.41) is 0. The highest BCUT2D eigenvalue weighted by Gasteiger charge is 2.31. The third-order valence-corrected chi connectivity index (χ3v) is 4.22. The molecule has 2 aliphatic heterocycles. The molecule has 0 saturated carbocycles. The number of rotatable bonds is 2. The van der Waals surface area contributed by atoms with Crippen LogP contribution in [0, 0.1) is 0 Å². The highest BCUT2D eigenvalue weighted by Crippen LogP contribution is 2.45. The average Bonchev–Trinajstić information content (AvgIpc) is 2.59. The predicted molar refractivity (Wildman–Crippen MR) is 87.9 cm³/mol. The maximum absolute atomic E-state index is 11.5. The van der Waals surface area contributed by atoms with Crippen molar-refractivity contribution in [2.24, 2.45) is 5.73 Å². The van der Waals surface area contributed by atoms with Gasteiger partial charge in [0, 0.05) is 29.4 Å². The van der Waals surface area contributed by atoms with Gasteiger partial charge in [0.05, 0.1) is 6.04 Å². The quantitative estimate of drug-likeness (QED) is 0.927. The van der Waals surface area contributed by atoms with E-state index in [1.165, 1.54) is 0 Å². The minimum absolute atomic E-state index is 0.00421. The summed E-state index contributed by atoms with van der Waals surface area (Å²) in [6, 6.07) is 16.0. The maximum Gasteiger partial charge on any atom is 0.246 e. The topological polar surface area (TPSA) is 55.6 Å². The van der Waals surface area contributed by atoms with Crippen LogP contribution in [0.5, 0.6) is 11.5 Å².